The Morgan fingerprint density at radius 1 is 1.14 bits per heavy atom. The molecule has 2 aromatic carbocycles. The van der Waals surface area contributed by atoms with Crippen molar-refractivity contribution in [2.24, 2.45) is 0 Å². The summed E-state index contributed by atoms with van der Waals surface area (Å²) < 4.78 is 0. The number of anilines is 1. The van der Waals surface area contributed by atoms with Gasteiger partial charge in [-0.3, -0.25) is 4.79 Å². The number of likely N-dealkylation sites (tertiary alicyclic amines) is 1. The zero-order chi connectivity index (χ0) is 19.8. The maximum absolute atomic E-state index is 12.5. The molecular formula is C25H30N2OS. The van der Waals surface area contributed by atoms with Crippen molar-refractivity contribution in [2.75, 3.05) is 36.8 Å². The van der Waals surface area contributed by atoms with E-state index >= 15 is 0 Å². The van der Waals surface area contributed by atoms with Crippen LogP contribution in [0.3, 0.4) is 0 Å². The number of thioether (sulfide) groups is 1. The molecule has 3 heterocycles. The molecule has 1 fully saturated rings. The van der Waals surface area contributed by atoms with Crippen LogP contribution in [0, 0.1) is 6.92 Å². The number of benzene rings is 2. The van der Waals surface area contributed by atoms with Gasteiger partial charge in [0.15, 0.2) is 5.78 Å². The fourth-order valence-corrected chi connectivity index (χ4v) is 6.40. The van der Waals surface area contributed by atoms with Crippen molar-refractivity contribution in [3.8, 4) is 0 Å². The third-order valence-corrected chi connectivity index (χ3v) is 7.96. The molecule has 0 bridgehead atoms. The first-order valence-corrected chi connectivity index (χ1v) is 12.0. The van der Waals surface area contributed by atoms with Gasteiger partial charge in [-0.15, -0.1) is 11.8 Å². The van der Waals surface area contributed by atoms with E-state index in [9.17, 15) is 4.79 Å². The smallest absolute Gasteiger partial charge is 0.162 e. The maximum Gasteiger partial charge on any atom is 0.162 e. The van der Waals surface area contributed by atoms with Crippen molar-refractivity contribution in [3.05, 3.63) is 59.2 Å². The Morgan fingerprint density at radius 3 is 2.86 bits per heavy atom. The number of Topliss-reactive ketones (excluding diaryl/α,β-unsaturated/α-hetero) is 1. The molecule has 1 unspecified atom stereocenters. The van der Waals surface area contributed by atoms with Crippen molar-refractivity contribution >= 4 is 23.2 Å². The van der Waals surface area contributed by atoms with Gasteiger partial charge in [0.2, 0.25) is 0 Å². The molecule has 5 rings (SSSR count). The van der Waals surface area contributed by atoms with E-state index < -0.39 is 0 Å². The van der Waals surface area contributed by atoms with Gasteiger partial charge in [-0.25, -0.2) is 0 Å². The van der Waals surface area contributed by atoms with Crippen molar-refractivity contribution in [3.63, 3.8) is 0 Å². The first kappa shape index (κ1) is 19.2. The number of hydrogen-bond donors (Lipinski definition) is 0. The number of nitrogens with zero attached hydrogens (tertiary/aromatic N) is 2. The lowest BCUT2D eigenvalue weighted by Crippen LogP contribution is -2.46. The largest absolute Gasteiger partial charge is 0.367 e. The average molecular weight is 407 g/mol. The molecule has 4 heteroatoms. The predicted octanol–water partition coefficient (Wildman–Crippen LogP) is 5.13. The van der Waals surface area contributed by atoms with Crippen LogP contribution in [-0.2, 0) is 0 Å². The fraction of sp³-hybridized carbons (Fsp3) is 0.480. The first-order chi connectivity index (χ1) is 14.2. The van der Waals surface area contributed by atoms with Crippen LogP contribution in [-0.4, -0.2) is 48.7 Å². The van der Waals surface area contributed by atoms with Crippen LogP contribution in [0.1, 0.15) is 53.1 Å². The molecule has 3 aliphatic heterocycles. The standard InChI is InChI=1S/C25H30N2OS/c1-18-8-10-19(11-9-18)23(28)6-3-13-26-15-12-22-21(17-26)20-5-2-7-24-25(20)27(22)14-4-16-29-24/h2,5,7-11,21-22H,3-4,6,12-17H2,1H3/t21?,22-/m0/s1. The zero-order valence-corrected chi connectivity index (χ0v) is 18.1. The van der Waals surface area contributed by atoms with Crippen molar-refractivity contribution < 1.29 is 4.79 Å². The molecule has 0 saturated carbocycles. The molecular weight excluding hydrogens is 376 g/mol. The molecule has 0 spiro atoms. The summed E-state index contributed by atoms with van der Waals surface area (Å²) in [6.07, 6.45) is 4.13. The van der Waals surface area contributed by atoms with Gasteiger partial charge in [-0.2, -0.15) is 0 Å². The van der Waals surface area contributed by atoms with Crippen LogP contribution in [0.5, 0.6) is 0 Å². The molecule has 2 atom stereocenters. The Balaban J connectivity index is 1.22. The Labute approximate surface area is 178 Å². The number of hydrogen-bond acceptors (Lipinski definition) is 4. The van der Waals surface area contributed by atoms with Gasteiger partial charge in [-0.1, -0.05) is 42.0 Å². The molecule has 152 valence electrons. The highest BCUT2D eigenvalue weighted by Gasteiger charge is 2.43. The lowest BCUT2D eigenvalue weighted by atomic mass is 9.89. The van der Waals surface area contributed by atoms with Gasteiger partial charge in [0.25, 0.3) is 0 Å². The van der Waals surface area contributed by atoms with Crippen LogP contribution in [0.25, 0.3) is 0 Å². The molecule has 0 aliphatic carbocycles. The number of fused-ring (bicyclic) bond motifs is 3. The summed E-state index contributed by atoms with van der Waals surface area (Å²) in [6, 6.07) is 15.6. The predicted molar refractivity (Wildman–Crippen MR) is 121 cm³/mol. The van der Waals surface area contributed by atoms with Crippen LogP contribution in [0.15, 0.2) is 47.4 Å². The fourth-order valence-electron chi connectivity index (χ4n) is 5.36. The molecule has 0 radical (unpaired) electrons. The summed E-state index contributed by atoms with van der Waals surface area (Å²) in [5.74, 6) is 2.15. The Morgan fingerprint density at radius 2 is 2.00 bits per heavy atom. The molecule has 1 saturated heterocycles. The molecule has 0 aromatic heterocycles. The summed E-state index contributed by atoms with van der Waals surface area (Å²) in [7, 11) is 0. The number of rotatable bonds is 5. The highest BCUT2D eigenvalue weighted by molar-refractivity contribution is 7.99. The van der Waals surface area contributed by atoms with Crippen LogP contribution in [0.4, 0.5) is 5.69 Å². The van der Waals surface area contributed by atoms with E-state index in [1.807, 2.05) is 36.0 Å². The topological polar surface area (TPSA) is 23.6 Å². The summed E-state index contributed by atoms with van der Waals surface area (Å²) in [5.41, 5.74) is 5.18. The third-order valence-electron chi connectivity index (χ3n) is 6.83. The zero-order valence-electron chi connectivity index (χ0n) is 17.3. The normalized spacial score (nSPS) is 23.4. The number of aryl methyl sites for hydroxylation is 1. The first-order valence-electron chi connectivity index (χ1n) is 11.1. The van der Waals surface area contributed by atoms with Gasteiger partial charge in [0.05, 0.1) is 5.69 Å². The maximum atomic E-state index is 12.5. The van der Waals surface area contributed by atoms with E-state index in [1.54, 1.807) is 11.3 Å². The van der Waals surface area contributed by atoms with Crippen LogP contribution < -0.4 is 4.90 Å². The minimum absolute atomic E-state index is 0.279. The van der Waals surface area contributed by atoms with Gasteiger partial charge in [0, 0.05) is 48.5 Å². The Hall–Kier alpha value is -1.78. The minimum Gasteiger partial charge on any atom is -0.367 e. The molecule has 0 N–H and O–H groups in total. The average Bonchev–Trinajstić information content (AvgIpc) is 2.89. The van der Waals surface area contributed by atoms with E-state index in [-0.39, 0.29) is 5.78 Å². The summed E-state index contributed by atoms with van der Waals surface area (Å²) in [6.45, 7) is 6.60. The quantitative estimate of drug-likeness (QED) is 0.642. The molecule has 0 amide bonds. The summed E-state index contributed by atoms with van der Waals surface area (Å²) >= 11 is 2.04. The van der Waals surface area contributed by atoms with Crippen molar-refractivity contribution in [1.29, 1.82) is 0 Å². The number of para-hydroxylation sites is 1. The van der Waals surface area contributed by atoms with E-state index in [1.165, 1.54) is 35.6 Å². The summed E-state index contributed by atoms with van der Waals surface area (Å²) in [5, 5.41) is 0. The van der Waals surface area contributed by atoms with E-state index in [4.69, 9.17) is 0 Å². The molecule has 29 heavy (non-hydrogen) atoms. The molecule has 2 aromatic rings. The number of carbonyl (C=O) groups excluding carboxylic acids is 1. The minimum atomic E-state index is 0.279. The lowest BCUT2D eigenvalue weighted by molar-refractivity contribution is 0.0971. The molecule has 3 aliphatic rings. The van der Waals surface area contributed by atoms with E-state index in [0.717, 1.165) is 31.6 Å². The second kappa shape index (κ2) is 8.16. The Kier molecular flexibility index (Phi) is 5.40. The van der Waals surface area contributed by atoms with Crippen LogP contribution >= 0.6 is 11.8 Å². The second-order valence-electron chi connectivity index (χ2n) is 8.75. The summed E-state index contributed by atoms with van der Waals surface area (Å²) in [4.78, 5) is 19.3. The third kappa shape index (κ3) is 3.73. The van der Waals surface area contributed by atoms with Gasteiger partial charge < -0.3 is 9.80 Å². The van der Waals surface area contributed by atoms with Crippen molar-refractivity contribution in [2.45, 2.75) is 49.5 Å². The second-order valence-corrected chi connectivity index (χ2v) is 9.88. The van der Waals surface area contributed by atoms with Gasteiger partial charge >= 0.3 is 0 Å². The highest BCUT2D eigenvalue weighted by Crippen LogP contribution is 2.50. The Bertz CT molecular complexity index is 894. The molecule has 3 nitrogen and oxygen atoms in total. The lowest BCUT2D eigenvalue weighted by Gasteiger charge is -2.39. The van der Waals surface area contributed by atoms with Gasteiger partial charge in [-0.05, 0) is 50.1 Å². The SMILES string of the molecule is Cc1ccc(C(=O)CCCN2CC[C@H]3C(C2)c2cccc4c2N3CCCS4)cc1. The number of piperidine rings is 1. The van der Waals surface area contributed by atoms with Gasteiger partial charge in [0.1, 0.15) is 0 Å². The van der Waals surface area contributed by atoms with E-state index in [0.29, 0.717) is 18.4 Å². The van der Waals surface area contributed by atoms with Crippen molar-refractivity contribution in [1.82, 2.24) is 4.90 Å². The number of ketones is 1. The number of carbonyl (C=O) groups is 1. The monoisotopic (exact) mass is 406 g/mol. The van der Waals surface area contributed by atoms with Crippen LogP contribution in [0.2, 0.25) is 0 Å². The van der Waals surface area contributed by atoms with E-state index in [2.05, 4.69) is 34.9 Å². The highest BCUT2D eigenvalue weighted by atomic mass is 32.2.